The van der Waals surface area contributed by atoms with Crippen LogP contribution in [0.2, 0.25) is 0 Å². The molecule has 6 nitrogen and oxygen atoms in total. The van der Waals surface area contributed by atoms with Crippen molar-refractivity contribution in [3.63, 3.8) is 0 Å². The summed E-state index contributed by atoms with van der Waals surface area (Å²) in [5.74, 6) is 0.738. The van der Waals surface area contributed by atoms with Gasteiger partial charge in [0.25, 0.3) is 5.56 Å². The summed E-state index contributed by atoms with van der Waals surface area (Å²) in [4.78, 5) is 32.3. The normalized spacial score (nSPS) is 17.3. The van der Waals surface area contributed by atoms with Crippen molar-refractivity contribution in [2.24, 2.45) is 5.92 Å². The number of hydrogen-bond donors (Lipinski definition) is 1. The van der Waals surface area contributed by atoms with Gasteiger partial charge in [-0.25, -0.2) is 4.98 Å². The molecule has 0 radical (unpaired) electrons. The lowest BCUT2D eigenvalue weighted by Crippen LogP contribution is -2.36. The fourth-order valence-corrected chi connectivity index (χ4v) is 5.79. The van der Waals surface area contributed by atoms with Crippen LogP contribution in [0.4, 0.5) is 0 Å². The molecule has 2 atom stereocenters. The first-order chi connectivity index (χ1) is 13.4. The van der Waals surface area contributed by atoms with Gasteiger partial charge in [-0.3, -0.25) is 14.2 Å². The average molecular weight is 422 g/mol. The largest absolute Gasteiger partial charge is 0.383 e. The lowest BCUT2D eigenvalue weighted by atomic mass is 9.89. The van der Waals surface area contributed by atoms with Gasteiger partial charge in [-0.1, -0.05) is 24.8 Å². The fraction of sp³-hybridized carbons (Fsp3) is 0.550. The summed E-state index contributed by atoms with van der Waals surface area (Å²) >= 11 is 2.92. The Morgan fingerprint density at radius 3 is 3.07 bits per heavy atom. The van der Waals surface area contributed by atoms with Crippen LogP contribution < -0.4 is 10.9 Å². The number of carbonyl (C=O) groups excluding carboxylic acids is 1. The average Bonchev–Trinajstić information content (AvgIpc) is 3.00. The SMILES string of the molecule is C=CCn1c(SCC(=O)N[C@@H](C)COC)nc2sc3c(c2c1=O)CC[C@H](C)C3. The molecule has 2 aromatic rings. The number of allylic oxidation sites excluding steroid dienone is 1. The van der Waals surface area contributed by atoms with Crippen molar-refractivity contribution >= 4 is 39.2 Å². The molecule has 152 valence electrons. The molecule has 2 heterocycles. The summed E-state index contributed by atoms with van der Waals surface area (Å²) in [6, 6.07) is -0.0603. The number of rotatable bonds is 8. The first-order valence-corrected chi connectivity index (χ1v) is 11.3. The molecule has 0 fully saturated rings. The first kappa shape index (κ1) is 21.1. The van der Waals surface area contributed by atoms with Gasteiger partial charge in [0.2, 0.25) is 5.91 Å². The van der Waals surface area contributed by atoms with Crippen molar-refractivity contribution in [2.75, 3.05) is 19.5 Å². The molecule has 0 unspecified atom stereocenters. The van der Waals surface area contributed by atoms with E-state index >= 15 is 0 Å². The maximum Gasteiger partial charge on any atom is 0.263 e. The molecule has 0 aromatic carbocycles. The highest BCUT2D eigenvalue weighted by Gasteiger charge is 2.24. The third-order valence-electron chi connectivity index (χ3n) is 4.85. The van der Waals surface area contributed by atoms with E-state index in [1.165, 1.54) is 22.2 Å². The van der Waals surface area contributed by atoms with Gasteiger partial charge >= 0.3 is 0 Å². The minimum absolute atomic E-state index is 0.0207. The number of nitrogens with zero attached hydrogens (tertiary/aromatic N) is 2. The number of aryl methyl sites for hydroxylation is 1. The second kappa shape index (κ2) is 9.24. The van der Waals surface area contributed by atoms with E-state index in [-0.39, 0.29) is 23.3 Å². The summed E-state index contributed by atoms with van der Waals surface area (Å²) in [6.45, 7) is 8.75. The van der Waals surface area contributed by atoms with E-state index in [1.807, 2.05) is 6.92 Å². The number of thiophene rings is 1. The molecule has 1 aliphatic carbocycles. The Kier molecular flexibility index (Phi) is 6.95. The van der Waals surface area contributed by atoms with Crippen LogP contribution in [0.1, 0.15) is 30.7 Å². The lowest BCUT2D eigenvalue weighted by molar-refractivity contribution is -0.119. The second-order valence-corrected chi connectivity index (χ2v) is 9.37. The van der Waals surface area contributed by atoms with Crippen LogP contribution in [-0.4, -0.2) is 41.0 Å². The highest BCUT2D eigenvalue weighted by atomic mass is 32.2. The van der Waals surface area contributed by atoms with Crippen LogP contribution in [0.3, 0.4) is 0 Å². The van der Waals surface area contributed by atoms with Crippen molar-refractivity contribution < 1.29 is 9.53 Å². The third kappa shape index (κ3) is 4.50. The minimum atomic E-state index is -0.103. The molecular weight excluding hydrogens is 394 g/mol. The maximum atomic E-state index is 13.2. The molecule has 1 aliphatic rings. The summed E-state index contributed by atoms with van der Waals surface area (Å²) in [5, 5.41) is 4.21. The Bertz CT molecular complexity index is 935. The number of carbonyl (C=O) groups is 1. The number of nitrogens with one attached hydrogen (secondary N) is 1. The van der Waals surface area contributed by atoms with Crippen molar-refractivity contribution in [3.8, 4) is 0 Å². The van der Waals surface area contributed by atoms with Gasteiger partial charge < -0.3 is 10.1 Å². The molecule has 0 saturated carbocycles. The smallest absolute Gasteiger partial charge is 0.263 e. The fourth-order valence-electron chi connectivity index (χ4n) is 3.54. The van der Waals surface area contributed by atoms with Crippen molar-refractivity contribution in [2.45, 2.75) is 50.9 Å². The van der Waals surface area contributed by atoms with E-state index in [0.717, 1.165) is 29.5 Å². The van der Waals surface area contributed by atoms with E-state index in [2.05, 4.69) is 18.8 Å². The zero-order valence-corrected chi connectivity index (χ0v) is 18.3. The van der Waals surface area contributed by atoms with Crippen molar-refractivity contribution in [1.82, 2.24) is 14.9 Å². The Hall–Kier alpha value is -1.64. The van der Waals surface area contributed by atoms with Crippen LogP contribution in [0, 0.1) is 5.92 Å². The van der Waals surface area contributed by atoms with E-state index < -0.39 is 0 Å². The molecule has 8 heteroatoms. The van der Waals surface area contributed by atoms with Crippen LogP contribution >= 0.6 is 23.1 Å². The molecule has 2 aromatic heterocycles. The first-order valence-electron chi connectivity index (χ1n) is 9.51. The minimum Gasteiger partial charge on any atom is -0.383 e. The van der Waals surface area contributed by atoms with E-state index in [0.29, 0.717) is 24.2 Å². The van der Waals surface area contributed by atoms with Crippen molar-refractivity contribution in [3.05, 3.63) is 33.4 Å². The predicted octanol–water partition coefficient (Wildman–Crippen LogP) is 3.01. The molecule has 0 aliphatic heterocycles. The summed E-state index contributed by atoms with van der Waals surface area (Å²) in [6.07, 6.45) is 4.75. The van der Waals surface area contributed by atoms with E-state index in [9.17, 15) is 9.59 Å². The molecule has 3 rings (SSSR count). The zero-order chi connectivity index (χ0) is 20.3. The van der Waals surface area contributed by atoms with Crippen LogP contribution in [0.15, 0.2) is 22.6 Å². The molecule has 0 bridgehead atoms. The van der Waals surface area contributed by atoms with Gasteiger partial charge in [-0.2, -0.15) is 0 Å². The number of thioether (sulfide) groups is 1. The number of hydrogen-bond acceptors (Lipinski definition) is 6. The second-order valence-electron chi connectivity index (χ2n) is 7.34. The van der Waals surface area contributed by atoms with Gasteiger partial charge in [0, 0.05) is 24.6 Å². The zero-order valence-electron chi connectivity index (χ0n) is 16.6. The molecule has 0 spiro atoms. The number of aromatic nitrogens is 2. The molecular formula is C20H27N3O3S2. The quantitative estimate of drug-likeness (QED) is 0.403. The topological polar surface area (TPSA) is 73.2 Å². The van der Waals surface area contributed by atoms with E-state index in [4.69, 9.17) is 9.72 Å². The number of ether oxygens (including phenoxy) is 1. The Labute approximate surface area is 173 Å². The predicted molar refractivity (Wildman–Crippen MR) is 115 cm³/mol. The van der Waals surface area contributed by atoms with Crippen molar-refractivity contribution in [1.29, 1.82) is 0 Å². The monoisotopic (exact) mass is 421 g/mol. The Balaban J connectivity index is 1.89. The number of amides is 1. The van der Waals surface area contributed by atoms with Crippen LogP contribution in [0.25, 0.3) is 10.2 Å². The molecule has 1 N–H and O–H groups in total. The van der Waals surface area contributed by atoms with Crippen LogP contribution in [-0.2, 0) is 28.9 Å². The molecule has 28 heavy (non-hydrogen) atoms. The van der Waals surface area contributed by atoms with Crippen LogP contribution in [0.5, 0.6) is 0 Å². The maximum absolute atomic E-state index is 13.2. The summed E-state index contributed by atoms with van der Waals surface area (Å²) in [7, 11) is 1.60. The van der Waals surface area contributed by atoms with Gasteiger partial charge in [0.1, 0.15) is 4.83 Å². The highest BCUT2D eigenvalue weighted by molar-refractivity contribution is 7.99. The third-order valence-corrected chi connectivity index (χ3v) is 6.97. The van der Waals surface area contributed by atoms with E-state index in [1.54, 1.807) is 29.1 Å². The Morgan fingerprint density at radius 2 is 2.36 bits per heavy atom. The highest BCUT2D eigenvalue weighted by Crippen LogP contribution is 2.36. The standard InChI is InChI=1S/C20H27N3O3S2/c1-5-8-23-19(25)17-14-7-6-12(2)9-15(14)28-18(17)22-20(23)27-11-16(24)21-13(3)10-26-4/h5,12-13H,1,6-11H2,2-4H3,(H,21,24)/t12-,13-/m0/s1. The molecule has 1 amide bonds. The molecule has 0 saturated heterocycles. The lowest BCUT2D eigenvalue weighted by Gasteiger charge is -2.17. The Morgan fingerprint density at radius 1 is 1.57 bits per heavy atom. The van der Waals surface area contributed by atoms with Gasteiger partial charge in [0.05, 0.1) is 17.7 Å². The summed E-state index contributed by atoms with van der Waals surface area (Å²) in [5.41, 5.74) is 1.16. The number of methoxy groups -OCH3 is 1. The number of fused-ring (bicyclic) bond motifs is 3. The van der Waals surface area contributed by atoms with Gasteiger partial charge in [-0.15, -0.1) is 17.9 Å². The summed E-state index contributed by atoms with van der Waals surface area (Å²) < 4.78 is 6.68. The van der Waals surface area contributed by atoms with Gasteiger partial charge in [0.15, 0.2) is 5.16 Å². The van der Waals surface area contributed by atoms with Gasteiger partial charge in [-0.05, 0) is 37.7 Å².